The summed E-state index contributed by atoms with van der Waals surface area (Å²) >= 11 is 0. The molecule has 0 saturated carbocycles. The SMILES string of the molecule is O=C(O)O.[BaH2]. The number of hydrogen-bond acceptors (Lipinski definition) is 1. The average molecular weight is 201 g/mol. The Labute approximate surface area is 69.1 Å². The normalized spacial score (nSPS) is 4.80. The predicted molar refractivity (Wildman–Crippen MR) is 19.2 cm³/mol. The van der Waals surface area contributed by atoms with Crippen LogP contribution in [-0.2, 0) is 0 Å². The summed E-state index contributed by atoms with van der Waals surface area (Å²) in [6.07, 6.45) is -1.83. The topological polar surface area (TPSA) is 57.5 Å². The van der Waals surface area contributed by atoms with Crippen LogP contribution < -0.4 is 0 Å². The third-order valence-electron chi connectivity index (χ3n) is 0. The van der Waals surface area contributed by atoms with Gasteiger partial charge in [-0.15, -0.1) is 0 Å². The monoisotopic (exact) mass is 202 g/mol. The van der Waals surface area contributed by atoms with Crippen LogP contribution in [0.4, 0.5) is 4.79 Å². The van der Waals surface area contributed by atoms with Crippen molar-refractivity contribution in [3.8, 4) is 0 Å². The van der Waals surface area contributed by atoms with Crippen LogP contribution >= 0.6 is 0 Å². The summed E-state index contributed by atoms with van der Waals surface area (Å²) in [6.45, 7) is 0. The molecule has 0 bridgehead atoms. The maximum absolute atomic E-state index is 8.56. The Balaban J connectivity index is 0. The van der Waals surface area contributed by atoms with E-state index in [1.807, 2.05) is 0 Å². The average Bonchev–Trinajstić information content (AvgIpc) is 0.811. The third kappa shape index (κ3) is 55.2. The summed E-state index contributed by atoms with van der Waals surface area (Å²) in [5.74, 6) is 0. The van der Waals surface area contributed by atoms with E-state index in [0.29, 0.717) is 0 Å². The molecule has 4 heteroatoms. The molecule has 0 radical (unpaired) electrons. The Kier molecular flexibility index (Phi) is 8.98. The van der Waals surface area contributed by atoms with Crippen LogP contribution in [0.25, 0.3) is 0 Å². The number of rotatable bonds is 0. The van der Waals surface area contributed by atoms with Crippen LogP contribution in [-0.4, -0.2) is 65.2 Å². The molecule has 0 aliphatic rings. The molecule has 2 N–H and O–H groups in total. The molecule has 0 aromatic heterocycles. The zero-order valence-electron chi connectivity index (χ0n) is 1.80. The molecule has 0 rings (SSSR count). The Morgan fingerprint density at radius 2 is 1.40 bits per heavy atom. The standard InChI is InChI=1S/CH2O3.Ba.2H/c2-1(3)4;;;/h(H2,2,3,4);;;. The summed E-state index contributed by atoms with van der Waals surface area (Å²) in [4.78, 5) is 8.56. The molecule has 0 aliphatic carbocycles. The van der Waals surface area contributed by atoms with Gasteiger partial charge >= 0.3 is 55.0 Å². The fourth-order valence-corrected chi connectivity index (χ4v) is 0. The van der Waals surface area contributed by atoms with Crippen molar-refractivity contribution in [2.45, 2.75) is 0 Å². The van der Waals surface area contributed by atoms with Crippen LogP contribution in [0, 0.1) is 0 Å². The quantitative estimate of drug-likeness (QED) is 0.510. The molecule has 0 aliphatic heterocycles. The van der Waals surface area contributed by atoms with Gasteiger partial charge in [-0.1, -0.05) is 0 Å². The first-order chi connectivity index (χ1) is 1.73. The van der Waals surface area contributed by atoms with Gasteiger partial charge in [0.2, 0.25) is 0 Å². The Morgan fingerprint density at radius 1 is 1.40 bits per heavy atom. The van der Waals surface area contributed by atoms with Crippen LogP contribution in [0.2, 0.25) is 0 Å². The van der Waals surface area contributed by atoms with E-state index < -0.39 is 6.16 Å². The molecule has 5 heavy (non-hydrogen) atoms. The van der Waals surface area contributed by atoms with Crippen molar-refractivity contribution in [2.75, 3.05) is 0 Å². The second kappa shape index (κ2) is 4.84. The van der Waals surface area contributed by atoms with E-state index in [1.165, 1.54) is 0 Å². The summed E-state index contributed by atoms with van der Waals surface area (Å²) in [5.41, 5.74) is 0. The molecule has 0 unspecified atom stereocenters. The molecule has 0 saturated heterocycles. The van der Waals surface area contributed by atoms with E-state index in [2.05, 4.69) is 0 Å². The number of carboxylic acid groups (broad SMARTS) is 2. The van der Waals surface area contributed by atoms with Gasteiger partial charge < -0.3 is 10.2 Å². The fourth-order valence-electron chi connectivity index (χ4n) is 0. The molecule has 0 aromatic carbocycles. The molecule has 0 fully saturated rings. The molecule has 3 nitrogen and oxygen atoms in total. The minimum absolute atomic E-state index is 0. The van der Waals surface area contributed by atoms with Gasteiger partial charge in [-0.2, -0.15) is 0 Å². The van der Waals surface area contributed by atoms with Gasteiger partial charge in [0.15, 0.2) is 0 Å². The van der Waals surface area contributed by atoms with E-state index in [4.69, 9.17) is 15.0 Å². The second-order valence-corrected chi connectivity index (χ2v) is 0.283. The van der Waals surface area contributed by atoms with Gasteiger partial charge in [0.25, 0.3) is 0 Å². The summed E-state index contributed by atoms with van der Waals surface area (Å²) < 4.78 is 0. The molecule has 0 aromatic rings. The summed E-state index contributed by atoms with van der Waals surface area (Å²) in [5, 5.41) is 13.9. The van der Waals surface area contributed by atoms with Crippen LogP contribution in [0.15, 0.2) is 0 Å². The van der Waals surface area contributed by atoms with E-state index in [9.17, 15) is 0 Å². The van der Waals surface area contributed by atoms with Gasteiger partial charge in [-0.05, 0) is 0 Å². The molecular weight excluding hydrogens is 197 g/mol. The van der Waals surface area contributed by atoms with E-state index in [-0.39, 0.29) is 48.9 Å². The molecule has 0 heterocycles. The van der Waals surface area contributed by atoms with Crippen LogP contribution in [0.3, 0.4) is 0 Å². The van der Waals surface area contributed by atoms with E-state index in [1.54, 1.807) is 0 Å². The van der Waals surface area contributed by atoms with Gasteiger partial charge in [0, 0.05) is 0 Å². The van der Waals surface area contributed by atoms with Crippen molar-refractivity contribution in [1.82, 2.24) is 0 Å². The Hall–Kier alpha value is 0.841. The number of carbonyl (C=O) groups is 1. The molecule has 0 spiro atoms. The van der Waals surface area contributed by atoms with Crippen molar-refractivity contribution in [3.05, 3.63) is 0 Å². The van der Waals surface area contributed by atoms with Gasteiger partial charge in [-0.3, -0.25) is 0 Å². The first-order valence-corrected chi connectivity index (χ1v) is 0.651. The van der Waals surface area contributed by atoms with E-state index in [0.717, 1.165) is 0 Å². The van der Waals surface area contributed by atoms with Crippen molar-refractivity contribution in [2.24, 2.45) is 0 Å². The van der Waals surface area contributed by atoms with Gasteiger partial charge in [-0.25, -0.2) is 4.79 Å². The van der Waals surface area contributed by atoms with Crippen molar-refractivity contribution >= 4 is 55.0 Å². The number of hydrogen-bond donors (Lipinski definition) is 2. The van der Waals surface area contributed by atoms with E-state index >= 15 is 0 Å². The maximum atomic E-state index is 8.56. The fraction of sp³-hybridized carbons (Fsp3) is 0. The Morgan fingerprint density at radius 3 is 1.40 bits per heavy atom. The summed E-state index contributed by atoms with van der Waals surface area (Å²) in [6, 6.07) is 0. The molecule has 28 valence electrons. The summed E-state index contributed by atoms with van der Waals surface area (Å²) in [7, 11) is 0. The van der Waals surface area contributed by atoms with Crippen LogP contribution in [0.1, 0.15) is 0 Å². The minimum atomic E-state index is -1.83. The molecule has 0 atom stereocenters. The van der Waals surface area contributed by atoms with Crippen molar-refractivity contribution < 1.29 is 15.0 Å². The molecular formula is CH4BaO3. The van der Waals surface area contributed by atoms with Gasteiger partial charge in [0.05, 0.1) is 0 Å². The van der Waals surface area contributed by atoms with Gasteiger partial charge in [0.1, 0.15) is 0 Å². The first kappa shape index (κ1) is 9.28. The van der Waals surface area contributed by atoms with Crippen LogP contribution in [0.5, 0.6) is 0 Å². The Bertz CT molecular complexity index is 29.9. The zero-order chi connectivity index (χ0) is 3.58. The zero-order valence-corrected chi connectivity index (χ0v) is 1.80. The first-order valence-electron chi connectivity index (χ1n) is 0.651. The predicted octanol–water partition coefficient (Wildman–Crippen LogP) is -0.694. The molecule has 0 amide bonds. The van der Waals surface area contributed by atoms with Crippen molar-refractivity contribution in [3.63, 3.8) is 0 Å². The second-order valence-electron chi connectivity index (χ2n) is 0.283. The third-order valence-corrected chi connectivity index (χ3v) is 0. The van der Waals surface area contributed by atoms with Crippen molar-refractivity contribution in [1.29, 1.82) is 0 Å².